The molecule has 238 valence electrons. The monoisotopic (exact) mass is 657 g/mol. The van der Waals surface area contributed by atoms with Gasteiger partial charge in [-0.1, -0.05) is 35.4 Å². The van der Waals surface area contributed by atoms with Crippen LogP contribution in [-0.2, 0) is 20.0 Å². The predicted molar refractivity (Wildman–Crippen MR) is 164 cm³/mol. The van der Waals surface area contributed by atoms with Crippen LogP contribution in [0.1, 0.15) is 16.7 Å². The minimum atomic E-state index is -4.94. The zero-order valence-electron chi connectivity index (χ0n) is 25.2. The van der Waals surface area contributed by atoms with Gasteiger partial charge in [0.2, 0.25) is 0 Å². The van der Waals surface area contributed by atoms with Crippen molar-refractivity contribution < 1.29 is 31.3 Å². The van der Waals surface area contributed by atoms with E-state index in [4.69, 9.17) is 0 Å². The number of nitro groups is 1. The fourth-order valence-electron chi connectivity index (χ4n) is 4.50. The van der Waals surface area contributed by atoms with Crippen molar-refractivity contribution in [2.24, 2.45) is 5.10 Å². The Balaban J connectivity index is 2.05. The van der Waals surface area contributed by atoms with E-state index in [-0.39, 0.29) is 30.5 Å². The first-order valence-corrected chi connectivity index (χ1v) is 16.1. The summed E-state index contributed by atoms with van der Waals surface area (Å²) < 4.78 is 56.7. The Bertz CT molecular complexity index is 1880. The number of hydrogen-bond donors (Lipinski definition) is 0. The largest absolute Gasteiger partial charge is 0.359 e. The van der Waals surface area contributed by atoms with E-state index in [2.05, 4.69) is 5.10 Å². The molecule has 0 bridgehead atoms. The van der Waals surface area contributed by atoms with Crippen LogP contribution < -0.4 is 0 Å². The number of nitrogens with zero attached hydrogens (tertiary/aromatic N) is 7. The number of hydrazone groups is 1. The number of hydrogen-bond acceptors (Lipinski definition) is 11. The van der Waals surface area contributed by atoms with E-state index >= 15 is 0 Å². The molecule has 1 aliphatic rings. The Kier molecular flexibility index (Phi) is 9.00. The quantitative estimate of drug-likeness (QED) is 0.189. The third-order valence-corrected chi connectivity index (χ3v) is 10.1. The van der Waals surface area contributed by atoms with E-state index in [0.29, 0.717) is 11.1 Å². The average molecular weight is 658 g/mol. The lowest BCUT2D eigenvalue weighted by molar-refractivity contribution is -0.384. The molecule has 1 unspecified atom stereocenters. The van der Waals surface area contributed by atoms with E-state index in [1.165, 1.54) is 93.9 Å². The first kappa shape index (κ1) is 33.0. The van der Waals surface area contributed by atoms with Gasteiger partial charge in [-0.2, -0.15) is 9.41 Å². The number of imide groups is 1. The maximum Gasteiger partial charge on any atom is 0.359 e. The molecule has 0 N–H and O–H groups in total. The van der Waals surface area contributed by atoms with Crippen molar-refractivity contribution in [1.82, 2.24) is 23.6 Å². The number of rotatable bonds is 9. The van der Waals surface area contributed by atoms with Crippen molar-refractivity contribution in [3.05, 3.63) is 99.6 Å². The summed E-state index contributed by atoms with van der Waals surface area (Å²) in [5.41, 5.74) is 1.06. The Morgan fingerprint density at radius 1 is 0.756 bits per heavy atom. The van der Waals surface area contributed by atoms with Crippen LogP contribution in [0, 0.1) is 24.0 Å². The molecule has 0 aromatic heterocycles. The Morgan fingerprint density at radius 3 is 1.64 bits per heavy atom. The summed E-state index contributed by atoms with van der Waals surface area (Å²) in [6.07, 6.45) is -1.88. The number of aryl methyl sites for hydroxylation is 2. The zero-order chi connectivity index (χ0) is 33.4. The van der Waals surface area contributed by atoms with Gasteiger partial charge >= 0.3 is 12.1 Å². The van der Waals surface area contributed by atoms with Crippen molar-refractivity contribution in [2.45, 2.75) is 29.8 Å². The number of carbonyl (C=O) groups excluding carboxylic acids is 2. The molecule has 3 aromatic rings. The number of carbonyl (C=O) groups is 2. The molecule has 0 saturated carbocycles. The highest BCUT2D eigenvalue weighted by Crippen LogP contribution is 2.34. The number of amides is 4. The normalized spacial score (nSPS) is 16.4. The molecule has 17 heteroatoms. The van der Waals surface area contributed by atoms with Gasteiger partial charge in [-0.15, -0.1) is 4.31 Å². The highest BCUT2D eigenvalue weighted by molar-refractivity contribution is 7.91. The zero-order valence-corrected chi connectivity index (χ0v) is 26.9. The molecule has 4 rings (SSSR count). The van der Waals surface area contributed by atoms with E-state index in [1.54, 1.807) is 13.8 Å². The molecular weight excluding hydrogens is 626 g/mol. The lowest BCUT2D eigenvalue weighted by Crippen LogP contribution is -2.72. The lowest BCUT2D eigenvalue weighted by atomic mass is 10.1. The Hall–Kier alpha value is -4.87. The van der Waals surface area contributed by atoms with Crippen molar-refractivity contribution in [1.29, 1.82) is 0 Å². The van der Waals surface area contributed by atoms with Crippen molar-refractivity contribution in [2.75, 3.05) is 28.2 Å². The van der Waals surface area contributed by atoms with Gasteiger partial charge in [0.25, 0.3) is 25.7 Å². The minimum absolute atomic E-state index is 0.0942. The van der Waals surface area contributed by atoms with Crippen LogP contribution in [0.25, 0.3) is 0 Å². The molecule has 0 radical (unpaired) electrons. The maximum atomic E-state index is 14.4. The topological polar surface area (TPSA) is 174 Å². The van der Waals surface area contributed by atoms with Crippen LogP contribution in [0.3, 0.4) is 0 Å². The summed E-state index contributed by atoms with van der Waals surface area (Å²) in [7, 11) is -4.13. The summed E-state index contributed by atoms with van der Waals surface area (Å²) in [5.74, 6) is 0. The van der Waals surface area contributed by atoms with Crippen molar-refractivity contribution in [3.8, 4) is 0 Å². The first-order chi connectivity index (χ1) is 21.0. The van der Waals surface area contributed by atoms with Crippen LogP contribution in [0.4, 0.5) is 15.3 Å². The molecule has 4 amide bonds. The van der Waals surface area contributed by atoms with Gasteiger partial charge in [0.05, 0.1) is 14.7 Å². The van der Waals surface area contributed by atoms with Gasteiger partial charge in [0.1, 0.15) is 5.71 Å². The molecule has 15 nitrogen and oxygen atoms in total. The summed E-state index contributed by atoms with van der Waals surface area (Å²) in [6.45, 7) is 3.44. The molecule has 1 heterocycles. The highest BCUT2D eigenvalue weighted by atomic mass is 32.2. The molecule has 1 aliphatic heterocycles. The fourth-order valence-corrected chi connectivity index (χ4v) is 7.27. The lowest BCUT2D eigenvalue weighted by Gasteiger charge is -2.47. The van der Waals surface area contributed by atoms with Crippen molar-refractivity contribution >= 4 is 43.5 Å². The number of urea groups is 2. The second-order valence-electron chi connectivity index (χ2n) is 10.5. The molecule has 1 fully saturated rings. The summed E-state index contributed by atoms with van der Waals surface area (Å²) in [5, 5.41) is 18.9. The molecule has 45 heavy (non-hydrogen) atoms. The van der Waals surface area contributed by atoms with Gasteiger partial charge in [0.15, 0.2) is 6.17 Å². The van der Waals surface area contributed by atoms with E-state index < -0.39 is 48.1 Å². The molecular formula is C28H31N7O8S2. The van der Waals surface area contributed by atoms with E-state index in [0.717, 1.165) is 22.2 Å². The second kappa shape index (κ2) is 12.3. The van der Waals surface area contributed by atoms with Crippen LogP contribution in [0.2, 0.25) is 0 Å². The summed E-state index contributed by atoms with van der Waals surface area (Å²) in [4.78, 5) is 38.4. The molecule has 3 aromatic carbocycles. The van der Waals surface area contributed by atoms with Crippen molar-refractivity contribution in [3.63, 3.8) is 0 Å². The SMILES string of the molecule is Cc1ccc(S(=O)(=O)N2C(=O)N(N(C)C)C(/C(=N/N(C)C)c3ccc([N+](=O)[O-])cc3)N(S(=O)(=O)c3ccc(C)cc3)C2=O)cc1. The smallest absolute Gasteiger partial charge is 0.303 e. The van der Waals surface area contributed by atoms with Gasteiger partial charge in [-0.3, -0.25) is 10.1 Å². The molecule has 1 saturated heterocycles. The third-order valence-electron chi connectivity index (χ3n) is 6.68. The van der Waals surface area contributed by atoms with Gasteiger partial charge in [-0.25, -0.2) is 36.4 Å². The van der Waals surface area contributed by atoms with E-state index in [1.807, 2.05) is 0 Å². The van der Waals surface area contributed by atoms with Gasteiger partial charge in [-0.05, 0) is 50.2 Å². The Labute approximate surface area is 260 Å². The Morgan fingerprint density at radius 2 is 1.22 bits per heavy atom. The number of non-ortho nitro benzene ring substituents is 1. The maximum absolute atomic E-state index is 14.4. The number of hydrazine groups is 1. The number of sulfonamides is 2. The standard InChI is InChI=1S/C28H31N7O8S2/c1-19-7-15-23(16-8-19)44(40,41)33-26(25(29-30(3)4)21-11-13-22(14-12-21)35(38)39)32(31(5)6)27(36)34(28(33)37)45(42,43)24-17-9-20(2)10-18-24/h7-18,26H,1-6H3/b29-25+. The number of benzene rings is 3. The molecule has 1 atom stereocenters. The summed E-state index contributed by atoms with van der Waals surface area (Å²) >= 11 is 0. The van der Waals surface area contributed by atoms with E-state index in [9.17, 15) is 36.5 Å². The number of nitro benzene ring substituents is 1. The second-order valence-corrected chi connectivity index (χ2v) is 14.1. The third kappa shape index (κ3) is 6.22. The van der Waals surface area contributed by atoms with Gasteiger partial charge < -0.3 is 5.01 Å². The molecule has 0 aliphatic carbocycles. The minimum Gasteiger partial charge on any atom is -0.303 e. The van der Waals surface area contributed by atoms with Crippen LogP contribution in [0.5, 0.6) is 0 Å². The predicted octanol–water partition coefficient (Wildman–Crippen LogP) is 3.22. The fraction of sp³-hybridized carbons (Fsp3) is 0.250. The van der Waals surface area contributed by atoms with Crippen LogP contribution >= 0.6 is 0 Å². The summed E-state index contributed by atoms with van der Waals surface area (Å²) in [6, 6.07) is 12.7. The molecule has 0 spiro atoms. The van der Waals surface area contributed by atoms with Crippen LogP contribution in [-0.4, -0.2) is 97.5 Å². The average Bonchev–Trinajstić information content (AvgIpc) is 2.95. The highest BCUT2D eigenvalue weighted by Gasteiger charge is 2.57. The van der Waals surface area contributed by atoms with Crippen LogP contribution in [0.15, 0.2) is 87.7 Å². The first-order valence-electron chi connectivity index (χ1n) is 13.3. The van der Waals surface area contributed by atoms with Gasteiger partial charge in [0, 0.05) is 45.9 Å².